The molecule has 5 nitrogen and oxygen atoms in total. The molecular weight excluding hydrogens is 340 g/mol. The van der Waals surface area contributed by atoms with Gasteiger partial charge in [0.2, 0.25) is 11.8 Å². The van der Waals surface area contributed by atoms with E-state index in [0.717, 1.165) is 18.4 Å². The van der Waals surface area contributed by atoms with Gasteiger partial charge in [-0.05, 0) is 24.5 Å². The monoisotopic (exact) mass is 364 g/mol. The maximum absolute atomic E-state index is 12.8. The number of carbonyl (C=O) groups is 2. The Hall–Kier alpha value is -1.59. The molecule has 1 aromatic carbocycles. The van der Waals surface area contributed by atoms with E-state index in [1.165, 1.54) is 0 Å². The van der Waals surface area contributed by atoms with Crippen molar-refractivity contribution >= 4 is 23.4 Å². The summed E-state index contributed by atoms with van der Waals surface area (Å²) >= 11 is 6.19. The first-order chi connectivity index (χ1) is 11.9. The Morgan fingerprint density at radius 1 is 1.28 bits per heavy atom. The van der Waals surface area contributed by atoms with Crippen LogP contribution in [0, 0.1) is 11.3 Å². The first-order valence-electron chi connectivity index (χ1n) is 8.73. The number of likely N-dealkylation sites (tertiary alicyclic amines) is 1. The van der Waals surface area contributed by atoms with Crippen molar-refractivity contribution in [2.75, 3.05) is 40.4 Å². The van der Waals surface area contributed by atoms with Crippen LogP contribution in [0.2, 0.25) is 5.02 Å². The van der Waals surface area contributed by atoms with E-state index in [1.54, 1.807) is 25.1 Å². The average molecular weight is 365 g/mol. The van der Waals surface area contributed by atoms with Gasteiger partial charge >= 0.3 is 0 Å². The minimum atomic E-state index is -0.157. The van der Waals surface area contributed by atoms with Crippen LogP contribution in [0.5, 0.6) is 0 Å². The van der Waals surface area contributed by atoms with Gasteiger partial charge in [-0.15, -0.1) is 0 Å². The number of rotatable bonds is 3. The smallest absolute Gasteiger partial charge is 0.227 e. The van der Waals surface area contributed by atoms with E-state index in [4.69, 9.17) is 16.3 Å². The summed E-state index contributed by atoms with van der Waals surface area (Å²) < 4.78 is 5.51. The molecule has 0 aliphatic carbocycles. The molecule has 2 fully saturated rings. The Morgan fingerprint density at radius 3 is 2.60 bits per heavy atom. The number of halogens is 1. The fourth-order valence-corrected chi connectivity index (χ4v) is 4.21. The van der Waals surface area contributed by atoms with E-state index >= 15 is 0 Å². The molecule has 1 unspecified atom stereocenters. The number of ether oxygens (including phenoxy) is 1. The lowest BCUT2D eigenvalue weighted by atomic mass is 9.71. The van der Waals surface area contributed by atoms with Crippen molar-refractivity contribution in [1.29, 1.82) is 0 Å². The third kappa shape index (κ3) is 3.67. The molecule has 25 heavy (non-hydrogen) atoms. The SMILES string of the molecule is CN(C)C(=O)C1CN(C(=O)Cc2ccccc2Cl)CC12CCOCC2. The number of nitrogens with zero attached hydrogens (tertiary/aromatic N) is 2. The normalized spacial score (nSPS) is 22.2. The van der Waals surface area contributed by atoms with Crippen LogP contribution >= 0.6 is 11.6 Å². The highest BCUT2D eigenvalue weighted by molar-refractivity contribution is 6.31. The van der Waals surface area contributed by atoms with Gasteiger partial charge in [0.15, 0.2) is 0 Å². The van der Waals surface area contributed by atoms with E-state index in [9.17, 15) is 9.59 Å². The first kappa shape index (κ1) is 18.2. The van der Waals surface area contributed by atoms with Crippen molar-refractivity contribution in [2.24, 2.45) is 11.3 Å². The summed E-state index contributed by atoms with van der Waals surface area (Å²) in [5, 5.41) is 0.608. The number of hydrogen-bond donors (Lipinski definition) is 0. The second kappa shape index (κ2) is 7.34. The summed E-state index contributed by atoms with van der Waals surface area (Å²) in [6.45, 7) is 2.43. The minimum Gasteiger partial charge on any atom is -0.381 e. The topological polar surface area (TPSA) is 49.9 Å². The van der Waals surface area contributed by atoms with Crippen molar-refractivity contribution < 1.29 is 14.3 Å². The maximum atomic E-state index is 12.8. The van der Waals surface area contributed by atoms with E-state index in [2.05, 4.69) is 0 Å². The molecule has 2 amide bonds. The summed E-state index contributed by atoms with van der Waals surface area (Å²) in [7, 11) is 3.56. The minimum absolute atomic E-state index is 0.0352. The predicted octanol–water partition coefficient (Wildman–Crippen LogP) is 2.23. The van der Waals surface area contributed by atoms with Gasteiger partial charge in [0.05, 0.1) is 12.3 Å². The molecule has 0 bridgehead atoms. The predicted molar refractivity (Wildman–Crippen MR) is 96.4 cm³/mol. The lowest BCUT2D eigenvalue weighted by Crippen LogP contribution is -2.44. The highest BCUT2D eigenvalue weighted by Gasteiger charge is 2.52. The molecule has 0 saturated carbocycles. The van der Waals surface area contributed by atoms with Crippen LogP contribution in [0.1, 0.15) is 18.4 Å². The van der Waals surface area contributed by atoms with Crippen LogP contribution in [0.25, 0.3) is 0 Å². The molecule has 0 radical (unpaired) electrons. The quantitative estimate of drug-likeness (QED) is 0.826. The van der Waals surface area contributed by atoms with Gasteiger partial charge < -0.3 is 14.5 Å². The van der Waals surface area contributed by atoms with Crippen molar-refractivity contribution in [1.82, 2.24) is 9.80 Å². The maximum Gasteiger partial charge on any atom is 0.227 e. The molecule has 1 atom stereocenters. The van der Waals surface area contributed by atoms with Crippen molar-refractivity contribution in [3.05, 3.63) is 34.9 Å². The molecule has 2 saturated heterocycles. The third-order valence-electron chi connectivity index (χ3n) is 5.53. The lowest BCUT2D eigenvalue weighted by molar-refractivity contribution is -0.138. The van der Waals surface area contributed by atoms with Crippen LogP contribution in [0.4, 0.5) is 0 Å². The second-order valence-corrected chi connectivity index (χ2v) is 7.71. The average Bonchev–Trinajstić information content (AvgIpc) is 2.95. The van der Waals surface area contributed by atoms with E-state index in [0.29, 0.717) is 31.3 Å². The van der Waals surface area contributed by atoms with E-state index in [-0.39, 0.29) is 29.6 Å². The van der Waals surface area contributed by atoms with E-state index in [1.807, 2.05) is 23.1 Å². The van der Waals surface area contributed by atoms with Crippen molar-refractivity contribution in [2.45, 2.75) is 19.3 Å². The Bertz CT molecular complexity index is 656. The lowest BCUT2D eigenvalue weighted by Gasteiger charge is -2.37. The highest BCUT2D eigenvalue weighted by atomic mass is 35.5. The Balaban J connectivity index is 1.78. The zero-order chi connectivity index (χ0) is 18.0. The molecule has 1 aromatic rings. The Morgan fingerprint density at radius 2 is 1.96 bits per heavy atom. The third-order valence-corrected chi connectivity index (χ3v) is 5.90. The van der Waals surface area contributed by atoms with Crippen molar-refractivity contribution in [3.63, 3.8) is 0 Å². The molecule has 2 aliphatic rings. The molecule has 3 rings (SSSR count). The molecule has 0 aromatic heterocycles. The molecule has 136 valence electrons. The van der Waals surface area contributed by atoms with Gasteiger partial charge in [-0.1, -0.05) is 29.8 Å². The summed E-state index contributed by atoms with van der Waals surface area (Å²) in [4.78, 5) is 29.1. The van der Waals surface area contributed by atoms with Crippen LogP contribution < -0.4 is 0 Å². The number of carbonyl (C=O) groups excluding carboxylic acids is 2. The number of amides is 2. The standard InChI is InChI=1S/C19H25ClN2O3/c1-21(2)18(24)15-12-22(13-19(15)7-9-25-10-8-19)17(23)11-14-5-3-4-6-16(14)20/h3-6,15H,7-13H2,1-2H3. The summed E-state index contributed by atoms with van der Waals surface area (Å²) in [6.07, 6.45) is 1.93. The van der Waals surface area contributed by atoms with Crippen LogP contribution in [-0.2, 0) is 20.7 Å². The molecule has 6 heteroatoms. The molecular formula is C19H25ClN2O3. The van der Waals surface area contributed by atoms with Gasteiger partial charge in [0.1, 0.15) is 0 Å². The second-order valence-electron chi connectivity index (χ2n) is 7.30. The first-order valence-corrected chi connectivity index (χ1v) is 9.11. The van der Waals surface area contributed by atoms with Gasteiger partial charge in [-0.25, -0.2) is 0 Å². The molecule has 1 spiro atoms. The summed E-state index contributed by atoms with van der Waals surface area (Å²) in [6, 6.07) is 7.42. The van der Waals surface area contributed by atoms with Gasteiger partial charge in [-0.3, -0.25) is 9.59 Å². The summed E-state index contributed by atoms with van der Waals surface area (Å²) in [5.41, 5.74) is 0.674. The number of benzene rings is 1. The van der Waals surface area contributed by atoms with Crippen LogP contribution in [0.3, 0.4) is 0 Å². The highest BCUT2D eigenvalue weighted by Crippen LogP contribution is 2.45. The van der Waals surface area contributed by atoms with Crippen LogP contribution in [0.15, 0.2) is 24.3 Å². The zero-order valence-electron chi connectivity index (χ0n) is 14.8. The largest absolute Gasteiger partial charge is 0.381 e. The van der Waals surface area contributed by atoms with Crippen LogP contribution in [-0.4, -0.2) is 62.0 Å². The van der Waals surface area contributed by atoms with Gasteiger partial charge in [-0.2, -0.15) is 0 Å². The Kier molecular flexibility index (Phi) is 5.35. The fraction of sp³-hybridized carbons (Fsp3) is 0.579. The molecule has 2 heterocycles. The molecule has 2 aliphatic heterocycles. The summed E-state index contributed by atoms with van der Waals surface area (Å²) in [5.74, 6) is -0.00967. The zero-order valence-corrected chi connectivity index (χ0v) is 15.6. The Labute approximate surface area is 153 Å². The van der Waals surface area contributed by atoms with Gasteiger partial charge in [0, 0.05) is 50.8 Å². The van der Waals surface area contributed by atoms with Crippen molar-refractivity contribution in [3.8, 4) is 0 Å². The molecule has 0 N–H and O–H groups in total. The van der Waals surface area contributed by atoms with Gasteiger partial charge in [0.25, 0.3) is 0 Å². The van der Waals surface area contributed by atoms with E-state index < -0.39 is 0 Å². The number of hydrogen-bond acceptors (Lipinski definition) is 3. The fourth-order valence-electron chi connectivity index (χ4n) is 4.01.